The highest BCUT2D eigenvalue weighted by molar-refractivity contribution is 6.18. The molecule has 1 heterocycles. The summed E-state index contributed by atoms with van der Waals surface area (Å²) < 4.78 is 0. The van der Waals surface area contributed by atoms with E-state index in [0.717, 1.165) is 18.2 Å². The van der Waals surface area contributed by atoms with Crippen LogP contribution in [-0.2, 0) is 6.42 Å². The molecule has 2 fully saturated rings. The molecule has 2 nitrogen and oxygen atoms in total. The largest absolute Gasteiger partial charge is 0.282 e. The smallest absolute Gasteiger partial charge is 0.0688 e. The maximum Gasteiger partial charge on any atom is 0.0688 e. The minimum Gasteiger partial charge on any atom is -0.282 e. The number of halogens is 1. The van der Waals surface area contributed by atoms with Crippen LogP contribution in [0, 0.1) is 0 Å². The van der Waals surface area contributed by atoms with Gasteiger partial charge in [-0.15, -0.1) is 11.6 Å². The Hall–Kier alpha value is -0.500. The molecular weight excluding hydrogens is 220 g/mol. The van der Waals surface area contributed by atoms with Crippen molar-refractivity contribution in [1.29, 1.82) is 0 Å². The fourth-order valence-corrected chi connectivity index (χ4v) is 3.19. The lowest BCUT2D eigenvalue weighted by atomic mass is 9.96. The van der Waals surface area contributed by atoms with Crippen molar-refractivity contribution in [2.75, 3.05) is 5.88 Å². The molecule has 2 aliphatic carbocycles. The maximum atomic E-state index is 5.93. The zero-order valence-electron chi connectivity index (χ0n) is 9.64. The van der Waals surface area contributed by atoms with Crippen molar-refractivity contribution in [2.24, 2.45) is 0 Å². The van der Waals surface area contributed by atoms with Crippen LogP contribution in [0.4, 0.5) is 0 Å². The lowest BCUT2D eigenvalue weighted by molar-refractivity contribution is 0.685. The van der Waals surface area contributed by atoms with Crippen molar-refractivity contribution in [3.8, 4) is 0 Å². The molecule has 3 heteroatoms. The van der Waals surface area contributed by atoms with Gasteiger partial charge in [0.15, 0.2) is 0 Å². The van der Waals surface area contributed by atoms with Crippen molar-refractivity contribution in [1.82, 2.24) is 10.2 Å². The predicted octanol–water partition coefficient (Wildman–Crippen LogP) is 3.73. The number of rotatable bonds is 4. The highest BCUT2D eigenvalue weighted by atomic mass is 35.5. The average molecular weight is 239 g/mol. The van der Waals surface area contributed by atoms with Crippen LogP contribution >= 0.6 is 11.6 Å². The van der Waals surface area contributed by atoms with Crippen LogP contribution in [0.3, 0.4) is 0 Å². The van der Waals surface area contributed by atoms with Crippen LogP contribution in [0.15, 0.2) is 0 Å². The van der Waals surface area contributed by atoms with E-state index < -0.39 is 0 Å². The van der Waals surface area contributed by atoms with Gasteiger partial charge in [0.1, 0.15) is 0 Å². The Kier molecular flexibility index (Phi) is 2.93. The van der Waals surface area contributed by atoms with Crippen molar-refractivity contribution in [3.05, 3.63) is 17.0 Å². The Morgan fingerprint density at radius 2 is 1.88 bits per heavy atom. The molecule has 0 unspecified atom stereocenters. The molecule has 0 saturated heterocycles. The van der Waals surface area contributed by atoms with Gasteiger partial charge < -0.3 is 0 Å². The van der Waals surface area contributed by atoms with Crippen molar-refractivity contribution in [3.63, 3.8) is 0 Å². The van der Waals surface area contributed by atoms with Gasteiger partial charge in [-0.05, 0) is 37.7 Å². The third-order valence-electron chi connectivity index (χ3n) is 4.00. The van der Waals surface area contributed by atoms with Crippen LogP contribution < -0.4 is 0 Å². The second-order valence-corrected chi connectivity index (χ2v) is 5.57. The van der Waals surface area contributed by atoms with Crippen molar-refractivity contribution < 1.29 is 0 Å². The summed E-state index contributed by atoms with van der Waals surface area (Å²) >= 11 is 5.93. The zero-order valence-corrected chi connectivity index (χ0v) is 10.4. The van der Waals surface area contributed by atoms with E-state index in [9.17, 15) is 0 Å². The fraction of sp³-hybridized carbons (Fsp3) is 0.769. The van der Waals surface area contributed by atoms with Gasteiger partial charge in [0.25, 0.3) is 0 Å². The van der Waals surface area contributed by atoms with E-state index >= 15 is 0 Å². The molecule has 0 aromatic carbocycles. The maximum absolute atomic E-state index is 5.93. The molecule has 1 N–H and O–H groups in total. The first-order valence-corrected chi connectivity index (χ1v) is 7.06. The summed E-state index contributed by atoms with van der Waals surface area (Å²) in [4.78, 5) is 0. The summed E-state index contributed by atoms with van der Waals surface area (Å²) in [5, 5.41) is 7.88. The lowest BCUT2D eigenvalue weighted by Crippen LogP contribution is -2.00. The Morgan fingerprint density at radius 3 is 2.50 bits per heavy atom. The lowest BCUT2D eigenvalue weighted by Gasteiger charge is -2.09. The van der Waals surface area contributed by atoms with Crippen molar-refractivity contribution >= 4 is 11.6 Å². The third-order valence-corrected chi connectivity index (χ3v) is 4.19. The first-order chi connectivity index (χ1) is 7.90. The predicted molar refractivity (Wildman–Crippen MR) is 66.2 cm³/mol. The molecule has 2 aliphatic rings. The van der Waals surface area contributed by atoms with E-state index in [-0.39, 0.29) is 0 Å². The molecule has 0 atom stereocenters. The molecule has 0 amide bonds. The number of H-pyrrole nitrogens is 1. The van der Waals surface area contributed by atoms with Gasteiger partial charge in [0.05, 0.1) is 5.69 Å². The van der Waals surface area contributed by atoms with Gasteiger partial charge in [-0.25, -0.2) is 0 Å². The van der Waals surface area contributed by atoms with Crippen LogP contribution in [0.2, 0.25) is 0 Å². The summed E-state index contributed by atoms with van der Waals surface area (Å²) in [6.45, 7) is 0. The molecule has 0 radical (unpaired) electrons. The monoisotopic (exact) mass is 238 g/mol. The molecule has 1 aromatic heterocycles. The number of aromatic nitrogens is 2. The molecule has 16 heavy (non-hydrogen) atoms. The highest BCUT2D eigenvalue weighted by Crippen LogP contribution is 2.44. The standard InChI is InChI=1S/C13H19ClN2/c14-8-7-11-12(9-3-1-2-4-9)15-16-13(11)10-5-6-10/h9-10H,1-8H2,(H,15,16). The summed E-state index contributed by atoms with van der Waals surface area (Å²) in [5.74, 6) is 2.20. The molecule has 1 aromatic rings. The first-order valence-electron chi connectivity index (χ1n) is 6.53. The van der Waals surface area contributed by atoms with E-state index in [1.165, 1.54) is 55.5 Å². The number of hydrogen-bond donors (Lipinski definition) is 1. The van der Waals surface area contributed by atoms with E-state index in [1.54, 1.807) is 0 Å². The molecule has 3 rings (SSSR count). The molecule has 88 valence electrons. The zero-order chi connectivity index (χ0) is 11.0. The average Bonchev–Trinajstić information content (AvgIpc) is 2.84. The van der Waals surface area contributed by atoms with E-state index in [4.69, 9.17) is 11.6 Å². The van der Waals surface area contributed by atoms with Crippen LogP contribution in [0.5, 0.6) is 0 Å². The summed E-state index contributed by atoms with van der Waals surface area (Å²) in [5.41, 5.74) is 4.21. The Labute approximate surface area is 102 Å². The van der Waals surface area contributed by atoms with E-state index in [2.05, 4.69) is 10.2 Å². The SMILES string of the molecule is ClCCc1c(C2CCCC2)n[nH]c1C1CC1. The molecule has 0 bridgehead atoms. The first kappa shape index (κ1) is 10.6. The molecule has 0 spiro atoms. The number of hydrogen-bond acceptors (Lipinski definition) is 1. The molecule has 0 aliphatic heterocycles. The fourth-order valence-electron chi connectivity index (χ4n) is 3.00. The molecule has 2 saturated carbocycles. The Balaban J connectivity index is 1.89. The van der Waals surface area contributed by atoms with Gasteiger partial charge in [-0.2, -0.15) is 5.10 Å². The Bertz CT molecular complexity index is 362. The van der Waals surface area contributed by atoms with Crippen molar-refractivity contribution in [2.45, 2.75) is 56.8 Å². The van der Waals surface area contributed by atoms with Gasteiger partial charge >= 0.3 is 0 Å². The van der Waals surface area contributed by atoms with E-state index in [0.29, 0.717) is 5.92 Å². The van der Waals surface area contributed by atoms with Gasteiger partial charge in [0.2, 0.25) is 0 Å². The topological polar surface area (TPSA) is 28.7 Å². The van der Waals surface area contributed by atoms with Gasteiger partial charge in [-0.1, -0.05) is 12.8 Å². The summed E-state index contributed by atoms with van der Waals surface area (Å²) in [6.07, 6.45) is 9.06. The third kappa shape index (κ3) is 1.88. The minimum absolute atomic E-state index is 0.710. The van der Waals surface area contributed by atoms with E-state index in [1.807, 2.05) is 0 Å². The number of alkyl halides is 1. The van der Waals surface area contributed by atoms with Crippen LogP contribution in [0.25, 0.3) is 0 Å². The van der Waals surface area contributed by atoms with Gasteiger partial charge in [0, 0.05) is 23.4 Å². The highest BCUT2D eigenvalue weighted by Gasteiger charge is 2.31. The number of nitrogens with zero attached hydrogens (tertiary/aromatic N) is 1. The number of nitrogens with one attached hydrogen (secondary N) is 1. The summed E-state index contributed by atoms with van der Waals surface area (Å²) in [6, 6.07) is 0. The number of aromatic amines is 1. The quantitative estimate of drug-likeness (QED) is 0.796. The van der Waals surface area contributed by atoms with Gasteiger partial charge in [-0.3, -0.25) is 5.10 Å². The molecular formula is C13H19ClN2. The Morgan fingerprint density at radius 1 is 1.12 bits per heavy atom. The second kappa shape index (κ2) is 4.40. The minimum atomic E-state index is 0.710. The van der Waals surface area contributed by atoms with Crippen LogP contribution in [-0.4, -0.2) is 16.1 Å². The summed E-state index contributed by atoms with van der Waals surface area (Å²) in [7, 11) is 0. The second-order valence-electron chi connectivity index (χ2n) is 5.20. The normalized spacial score (nSPS) is 21.8. The van der Waals surface area contributed by atoms with Crippen LogP contribution in [0.1, 0.15) is 67.3 Å².